The highest BCUT2D eigenvalue weighted by atomic mass is 31.2. The van der Waals surface area contributed by atoms with Crippen LogP contribution in [0.3, 0.4) is 0 Å². The maximum Gasteiger partial charge on any atom is 0.145 e. The number of benzene rings is 2. The molecular weight excluding hydrogens is 239 g/mol. The number of aryl methyl sites for hydroxylation is 1. The lowest BCUT2D eigenvalue weighted by Gasteiger charge is -2.24. The standard InChI is InChI=1S/C16H19OP/c1-13(2)18(17,15-10-5-4-6-11-15)16-12-8-7-9-14(16)3/h4-13H,1-3H3/t18-/m1/s1. The van der Waals surface area contributed by atoms with Crippen molar-refractivity contribution in [2.24, 2.45) is 0 Å². The fourth-order valence-electron chi connectivity index (χ4n) is 2.30. The quantitative estimate of drug-likeness (QED) is 0.767. The molecule has 0 radical (unpaired) electrons. The van der Waals surface area contributed by atoms with Crippen molar-refractivity contribution in [3.8, 4) is 0 Å². The Kier molecular flexibility index (Phi) is 3.73. The van der Waals surface area contributed by atoms with E-state index in [1.165, 1.54) is 0 Å². The first kappa shape index (κ1) is 13.1. The molecule has 94 valence electrons. The predicted molar refractivity (Wildman–Crippen MR) is 79.6 cm³/mol. The smallest absolute Gasteiger partial charge is 0.145 e. The third kappa shape index (κ3) is 2.15. The topological polar surface area (TPSA) is 17.1 Å². The summed E-state index contributed by atoms with van der Waals surface area (Å²) in [5, 5.41) is 1.94. The summed E-state index contributed by atoms with van der Waals surface area (Å²) in [4.78, 5) is 0. The van der Waals surface area contributed by atoms with E-state index in [1.54, 1.807) is 0 Å². The number of hydrogen-bond acceptors (Lipinski definition) is 1. The van der Waals surface area contributed by atoms with Gasteiger partial charge in [-0.15, -0.1) is 0 Å². The second-order valence-corrected chi connectivity index (χ2v) is 8.22. The Labute approximate surface area is 109 Å². The van der Waals surface area contributed by atoms with E-state index in [9.17, 15) is 4.57 Å². The molecule has 0 fully saturated rings. The van der Waals surface area contributed by atoms with Crippen molar-refractivity contribution in [1.82, 2.24) is 0 Å². The van der Waals surface area contributed by atoms with E-state index in [1.807, 2.05) is 75.4 Å². The van der Waals surface area contributed by atoms with Crippen molar-refractivity contribution < 1.29 is 4.57 Å². The zero-order chi connectivity index (χ0) is 13.2. The van der Waals surface area contributed by atoms with Crippen molar-refractivity contribution in [2.75, 3.05) is 0 Å². The molecule has 0 amide bonds. The van der Waals surface area contributed by atoms with Crippen LogP contribution in [0, 0.1) is 6.92 Å². The summed E-state index contributed by atoms with van der Waals surface area (Å²) in [5.41, 5.74) is 1.22. The largest absolute Gasteiger partial charge is 0.313 e. The molecule has 0 heterocycles. The highest BCUT2D eigenvalue weighted by molar-refractivity contribution is 7.79. The van der Waals surface area contributed by atoms with Crippen molar-refractivity contribution in [1.29, 1.82) is 0 Å². The average molecular weight is 258 g/mol. The fraction of sp³-hybridized carbons (Fsp3) is 0.250. The minimum atomic E-state index is -2.53. The molecule has 2 aromatic rings. The van der Waals surface area contributed by atoms with E-state index in [2.05, 4.69) is 0 Å². The van der Waals surface area contributed by atoms with E-state index in [4.69, 9.17) is 0 Å². The van der Waals surface area contributed by atoms with Crippen LogP contribution >= 0.6 is 7.14 Å². The number of hydrogen-bond donors (Lipinski definition) is 0. The van der Waals surface area contributed by atoms with Gasteiger partial charge >= 0.3 is 0 Å². The summed E-state index contributed by atoms with van der Waals surface area (Å²) in [6.45, 7) is 6.12. The van der Waals surface area contributed by atoms with Crippen molar-refractivity contribution in [2.45, 2.75) is 26.4 Å². The van der Waals surface area contributed by atoms with Gasteiger partial charge in [0.1, 0.15) is 7.14 Å². The highest BCUT2D eigenvalue weighted by Gasteiger charge is 2.31. The minimum Gasteiger partial charge on any atom is -0.313 e. The SMILES string of the molecule is Cc1ccccc1[P@](=O)(c1ccccc1)C(C)C. The highest BCUT2D eigenvalue weighted by Crippen LogP contribution is 2.48. The lowest BCUT2D eigenvalue weighted by Crippen LogP contribution is -2.24. The molecule has 1 nitrogen and oxygen atoms in total. The van der Waals surface area contributed by atoms with E-state index in [0.717, 1.165) is 16.2 Å². The van der Waals surface area contributed by atoms with Gasteiger partial charge in [-0.1, -0.05) is 68.4 Å². The van der Waals surface area contributed by atoms with Crippen molar-refractivity contribution in [3.63, 3.8) is 0 Å². The Hall–Kier alpha value is -1.33. The summed E-state index contributed by atoms with van der Waals surface area (Å²) < 4.78 is 13.5. The van der Waals surface area contributed by atoms with Gasteiger partial charge in [0.05, 0.1) is 0 Å². The third-order valence-electron chi connectivity index (χ3n) is 3.34. The molecule has 0 aliphatic rings. The summed E-state index contributed by atoms with van der Waals surface area (Å²) in [5.74, 6) is 0. The summed E-state index contributed by atoms with van der Waals surface area (Å²) in [6.07, 6.45) is 0. The van der Waals surface area contributed by atoms with Crippen LogP contribution in [0.15, 0.2) is 54.6 Å². The monoisotopic (exact) mass is 258 g/mol. The van der Waals surface area contributed by atoms with Gasteiger partial charge in [0, 0.05) is 16.3 Å². The Morgan fingerprint density at radius 2 is 1.44 bits per heavy atom. The van der Waals surface area contributed by atoms with Gasteiger partial charge in [0.2, 0.25) is 0 Å². The van der Waals surface area contributed by atoms with Crippen LogP contribution in [0.25, 0.3) is 0 Å². The van der Waals surface area contributed by atoms with Crippen LogP contribution in [-0.4, -0.2) is 5.66 Å². The van der Waals surface area contributed by atoms with Gasteiger partial charge < -0.3 is 4.57 Å². The lowest BCUT2D eigenvalue weighted by molar-refractivity contribution is 0.581. The second kappa shape index (κ2) is 5.12. The molecule has 0 aromatic heterocycles. The van der Waals surface area contributed by atoms with Crippen LogP contribution in [0.2, 0.25) is 0 Å². The maximum atomic E-state index is 13.5. The fourth-order valence-corrected chi connectivity index (χ4v) is 5.25. The van der Waals surface area contributed by atoms with Crippen LogP contribution in [0.4, 0.5) is 0 Å². The minimum absolute atomic E-state index is 0.112. The molecule has 0 spiro atoms. The number of rotatable bonds is 3. The maximum absolute atomic E-state index is 13.5. The first-order chi connectivity index (χ1) is 8.56. The molecule has 18 heavy (non-hydrogen) atoms. The van der Waals surface area contributed by atoms with Gasteiger partial charge in [-0.3, -0.25) is 0 Å². The van der Waals surface area contributed by atoms with Crippen LogP contribution < -0.4 is 10.6 Å². The zero-order valence-electron chi connectivity index (χ0n) is 11.1. The Morgan fingerprint density at radius 1 is 0.889 bits per heavy atom. The van der Waals surface area contributed by atoms with E-state index in [0.29, 0.717) is 0 Å². The molecule has 2 heteroatoms. The van der Waals surface area contributed by atoms with Gasteiger partial charge in [0.25, 0.3) is 0 Å². The van der Waals surface area contributed by atoms with Crippen LogP contribution in [0.5, 0.6) is 0 Å². The van der Waals surface area contributed by atoms with Gasteiger partial charge in [0.15, 0.2) is 0 Å². The molecule has 0 unspecified atom stereocenters. The summed E-state index contributed by atoms with van der Waals surface area (Å²) in [7, 11) is -2.53. The predicted octanol–water partition coefficient (Wildman–Crippen LogP) is 3.72. The Balaban J connectivity index is 2.67. The third-order valence-corrected chi connectivity index (χ3v) is 7.08. The lowest BCUT2D eigenvalue weighted by atomic mass is 10.2. The molecule has 1 atom stereocenters. The normalized spacial score (nSPS) is 14.4. The van der Waals surface area contributed by atoms with Crippen LogP contribution in [-0.2, 0) is 4.57 Å². The first-order valence-corrected chi connectivity index (χ1v) is 8.06. The molecule has 0 saturated carbocycles. The Morgan fingerprint density at radius 3 is 2.00 bits per heavy atom. The molecule has 0 aliphatic carbocycles. The molecular formula is C16H19OP. The summed E-state index contributed by atoms with van der Waals surface area (Å²) >= 11 is 0. The molecule has 0 N–H and O–H groups in total. The Bertz CT molecular complexity index is 573. The molecule has 2 aromatic carbocycles. The molecule has 0 aliphatic heterocycles. The van der Waals surface area contributed by atoms with Gasteiger partial charge in [-0.05, 0) is 12.5 Å². The van der Waals surface area contributed by atoms with E-state index in [-0.39, 0.29) is 5.66 Å². The van der Waals surface area contributed by atoms with Crippen molar-refractivity contribution >= 4 is 17.8 Å². The zero-order valence-corrected chi connectivity index (χ0v) is 12.0. The van der Waals surface area contributed by atoms with E-state index < -0.39 is 7.14 Å². The van der Waals surface area contributed by atoms with E-state index >= 15 is 0 Å². The second-order valence-electron chi connectivity index (χ2n) is 4.87. The van der Waals surface area contributed by atoms with Gasteiger partial charge in [-0.25, -0.2) is 0 Å². The molecule has 0 saturated heterocycles. The molecule has 2 rings (SSSR count). The first-order valence-electron chi connectivity index (χ1n) is 6.28. The van der Waals surface area contributed by atoms with Crippen LogP contribution in [0.1, 0.15) is 19.4 Å². The van der Waals surface area contributed by atoms with Crippen molar-refractivity contribution in [3.05, 3.63) is 60.2 Å². The van der Waals surface area contributed by atoms with Gasteiger partial charge in [-0.2, -0.15) is 0 Å². The molecule has 0 bridgehead atoms. The summed E-state index contributed by atoms with van der Waals surface area (Å²) in [6, 6.07) is 17.9. The average Bonchev–Trinajstić information content (AvgIpc) is 2.39.